The van der Waals surface area contributed by atoms with E-state index in [1.807, 2.05) is 0 Å². The fraction of sp³-hybridized carbons (Fsp3) is 0.350. The molecular formula is C20H24Cl2N2O3S. The summed E-state index contributed by atoms with van der Waals surface area (Å²) in [6, 6.07) is 12.8. The van der Waals surface area contributed by atoms with Crippen LogP contribution in [0.25, 0.3) is 0 Å². The van der Waals surface area contributed by atoms with Crippen LogP contribution in [-0.2, 0) is 21.4 Å². The first-order chi connectivity index (χ1) is 13.3. The van der Waals surface area contributed by atoms with E-state index >= 15 is 0 Å². The second-order valence-electron chi connectivity index (χ2n) is 6.38. The number of nitrogens with zero attached hydrogens (tertiary/aromatic N) is 1. The van der Waals surface area contributed by atoms with Gasteiger partial charge in [-0.3, -0.25) is 4.79 Å². The Bertz CT molecular complexity index is 887. The van der Waals surface area contributed by atoms with Gasteiger partial charge in [-0.05, 0) is 42.3 Å². The van der Waals surface area contributed by atoms with Crippen LogP contribution in [-0.4, -0.2) is 31.7 Å². The molecule has 152 valence electrons. The summed E-state index contributed by atoms with van der Waals surface area (Å²) < 4.78 is 27.4. The molecule has 5 nitrogen and oxygen atoms in total. The van der Waals surface area contributed by atoms with Gasteiger partial charge < -0.3 is 5.32 Å². The topological polar surface area (TPSA) is 66.5 Å². The van der Waals surface area contributed by atoms with Crippen LogP contribution in [0.5, 0.6) is 0 Å². The minimum absolute atomic E-state index is 0.00693. The van der Waals surface area contributed by atoms with E-state index in [2.05, 4.69) is 12.2 Å². The van der Waals surface area contributed by atoms with Gasteiger partial charge in [0.05, 0.1) is 11.4 Å². The van der Waals surface area contributed by atoms with Crippen molar-refractivity contribution < 1.29 is 13.2 Å². The minimum Gasteiger partial charge on any atom is -0.355 e. The molecule has 0 aliphatic heterocycles. The monoisotopic (exact) mass is 442 g/mol. The zero-order valence-corrected chi connectivity index (χ0v) is 18.0. The normalized spacial score (nSPS) is 11.6. The lowest BCUT2D eigenvalue weighted by Gasteiger charge is -2.22. The Kier molecular flexibility index (Phi) is 8.76. The van der Waals surface area contributed by atoms with E-state index in [1.54, 1.807) is 24.3 Å². The lowest BCUT2D eigenvalue weighted by atomic mass is 10.2. The number of benzene rings is 2. The predicted octanol–water partition coefficient (Wildman–Crippen LogP) is 4.49. The highest BCUT2D eigenvalue weighted by Gasteiger charge is 2.27. The fourth-order valence-corrected chi connectivity index (χ4v) is 4.31. The SMILES string of the molecule is CCCCCNC(=O)CN(Cc1ccccc1Cl)S(=O)(=O)c1ccc(Cl)cc1. The van der Waals surface area contributed by atoms with Gasteiger partial charge in [0.25, 0.3) is 0 Å². The van der Waals surface area contributed by atoms with E-state index in [0.29, 0.717) is 22.2 Å². The third kappa shape index (κ3) is 6.48. The molecule has 28 heavy (non-hydrogen) atoms. The van der Waals surface area contributed by atoms with Crippen LogP contribution in [0.2, 0.25) is 10.0 Å². The molecule has 0 radical (unpaired) electrons. The van der Waals surface area contributed by atoms with Gasteiger partial charge in [0.15, 0.2) is 0 Å². The molecule has 0 fully saturated rings. The molecule has 0 aliphatic rings. The van der Waals surface area contributed by atoms with Gasteiger partial charge in [0, 0.05) is 23.1 Å². The molecule has 0 heterocycles. The quantitative estimate of drug-likeness (QED) is 0.551. The number of carbonyl (C=O) groups excluding carboxylic acids is 1. The lowest BCUT2D eigenvalue weighted by molar-refractivity contribution is -0.121. The van der Waals surface area contributed by atoms with Crippen molar-refractivity contribution in [2.45, 2.75) is 37.6 Å². The summed E-state index contributed by atoms with van der Waals surface area (Å²) in [4.78, 5) is 12.4. The van der Waals surface area contributed by atoms with Crippen molar-refractivity contribution in [1.82, 2.24) is 9.62 Å². The van der Waals surface area contributed by atoms with E-state index in [4.69, 9.17) is 23.2 Å². The van der Waals surface area contributed by atoms with Crippen LogP contribution in [0.15, 0.2) is 53.4 Å². The Labute approximate surface area is 176 Å². The first-order valence-electron chi connectivity index (χ1n) is 9.10. The third-order valence-electron chi connectivity index (χ3n) is 4.18. The number of hydrogen-bond donors (Lipinski definition) is 1. The summed E-state index contributed by atoms with van der Waals surface area (Å²) in [5.41, 5.74) is 0.625. The zero-order valence-electron chi connectivity index (χ0n) is 15.7. The molecular weight excluding hydrogens is 419 g/mol. The molecule has 2 aromatic carbocycles. The van der Waals surface area contributed by atoms with E-state index < -0.39 is 10.0 Å². The maximum Gasteiger partial charge on any atom is 0.243 e. The molecule has 0 aliphatic carbocycles. The van der Waals surface area contributed by atoms with Crippen molar-refractivity contribution in [2.24, 2.45) is 0 Å². The Hall–Kier alpha value is -1.60. The number of hydrogen-bond acceptors (Lipinski definition) is 3. The number of nitrogens with one attached hydrogen (secondary N) is 1. The lowest BCUT2D eigenvalue weighted by Crippen LogP contribution is -2.40. The van der Waals surface area contributed by atoms with Crippen molar-refractivity contribution >= 4 is 39.1 Å². The summed E-state index contributed by atoms with van der Waals surface area (Å²) >= 11 is 12.1. The first-order valence-corrected chi connectivity index (χ1v) is 11.3. The van der Waals surface area contributed by atoms with Crippen molar-refractivity contribution in [2.75, 3.05) is 13.1 Å². The highest BCUT2D eigenvalue weighted by Crippen LogP contribution is 2.23. The van der Waals surface area contributed by atoms with Crippen molar-refractivity contribution in [3.63, 3.8) is 0 Å². The molecule has 1 amide bonds. The Morgan fingerprint density at radius 3 is 2.36 bits per heavy atom. The van der Waals surface area contributed by atoms with Crippen LogP contribution >= 0.6 is 23.2 Å². The van der Waals surface area contributed by atoms with Gasteiger partial charge in [-0.15, -0.1) is 0 Å². The molecule has 1 N–H and O–H groups in total. The average Bonchev–Trinajstić information content (AvgIpc) is 2.66. The summed E-state index contributed by atoms with van der Waals surface area (Å²) in [6.45, 7) is 2.30. The summed E-state index contributed by atoms with van der Waals surface area (Å²) in [6.07, 6.45) is 2.91. The highest BCUT2D eigenvalue weighted by atomic mass is 35.5. The molecule has 8 heteroatoms. The van der Waals surface area contributed by atoms with Gasteiger partial charge in [-0.25, -0.2) is 8.42 Å². The zero-order chi connectivity index (χ0) is 20.6. The second-order valence-corrected chi connectivity index (χ2v) is 9.16. The van der Waals surface area contributed by atoms with Gasteiger partial charge in [0.1, 0.15) is 0 Å². The molecule has 0 bridgehead atoms. The fourth-order valence-electron chi connectivity index (χ4n) is 2.62. The maximum atomic E-state index is 13.1. The van der Waals surface area contributed by atoms with Gasteiger partial charge in [-0.1, -0.05) is 61.2 Å². The van der Waals surface area contributed by atoms with Crippen molar-refractivity contribution in [3.05, 3.63) is 64.1 Å². The summed E-state index contributed by atoms with van der Waals surface area (Å²) in [5.74, 6) is -0.347. The van der Waals surface area contributed by atoms with E-state index in [0.717, 1.165) is 23.6 Å². The highest BCUT2D eigenvalue weighted by molar-refractivity contribution is 7.89. The molecule has 2 rings (SSSR count). The Morgan fingerprint density at radius 2 is 1.71 bits per heavy atom. The van der Waals surface area contributed by atoms with Crippen molar-refractivity contribution in [3.8, 4) is 0 Å². The largest absolute Gasteiger partial charge is 0.355 e. The van der Waals surface area contributed by atoms with Crippen LogP contribution in [0.3, 0.4) is 0 Å². The standard InChI is InChI=1S/C20H24Cl2N2O3S/c1-2-3-6-13-23-20(25)15-24(14-16-7-4-5-8-19(16)22)28(26,27)18-11-9-17(21)10-12-18/h4-5,7-12H,2-3,6,13-15H2,1H3,(H,23,25). The average molecular weight is 443 g/mol. The second kappa shape index (κ2) is 10.8. The van der Waals surface area contributed by atoms with E-state index in [9.17, 15) is 13.2 Å². The van der Waals surface area contributed by atoms with Crippen LogP contribution in [0.4, 0.5) is 0 Å². The van der Waals surface area contributed by atoms with Crippen molar-refractivity contribution in [1.29, 1.82) is 0 Å². The van der Waals surface area contributed by atoms with Gasteiger partial charge in [0.2, 0.25) is 15.9 Å². The molecule has 0 spiro atoms. The van der Waals surface area contributed by atoms with E-state index in [1.165, 1.54) is 24.3 Å². The van der Waals surface area contributed by atoms with E-state index in [-0.39, 0.29) is 23.9 Å². The molecule has 0 atom stereocenters. The van der Waals surface area contributed by atoms with Gasteiger partial charge in [-0.2, -0.15) is 4.31 Å². The summed E-state index contributed by atoms with van der Waals surface area (Å²) in [7, 11) is -3.91. The van der Waals surface area contributed by atoms with Crippen LogP contribution in [0, 0.1) is 0 Å². The summed E-state index contributed by atoms with van der Waals surface area (Å²) in [5, 5.41) is 3.66. The maximum absolute atomic E-state index is 13.1. The van der Waals surface area contributed by atoms with Gasteiger partial charge >= 0.3 is 0 Å². The van der Waals surface area contributed by atoms with Crippen LogP contribution in [0.1, 0.15) is 31.7 Å². The minimum atomic E-state index is -3.91. The van der Waals surface area contributed by atoms with Crippen LogP contribution < -0.4 is 5.32 Å². The number of halogens is 2. The third-order valence-corrected chi connectivity index (χ3v) is 6.61. The number of rotatable bonds is 10. The molecule has 2 aromatic rings. The molecule has 0 aromatic heterocycles. The Balaban J connectivity index is 2.23. The predicted molar refractivity (Wildman–Crippen MR) is 113 cm³/mol. The molecule has 0 saturated heterocycles. The number of unbranched alkanes of at least 4 members (excludes halogenated alkanes) is 2. The number of sulfonamides is 1. The Morgan fingerprint density at radius 1 is 1.04 bits per heavy atom. The number of carbonyl (C=O) groups is 1. The molecule has 0 unspecified atom stereocenters. The smallest absolute Gasteiger partial charge is 0.243 e. The number of amides is 1. The molecule has 0 saturated carbocycles. The first kappa shape index (κ1) is 22.7.